The highest BCUT2D eigenvalue weighted by molar-refractivity contribution is 5.92. The number of aliphatic hydroxyl groups is 1. The largest absolute Gasteiger partial charge is 0.458 e. The lowest BCUT2D eigenvalue weighted by Crippen LogP contribution is -2.38. The van der Waals surface area contributed by atoms with E-state index in [1.165, 1.54) is 45.4 Å². The van der Waals surface area contributed by atoms with Gasteiger partial charge >= 0.3 is 5.97 Å². The van der Waals surface area contributed by atoms with Crippen molar-refractivity contribution in [2.24, 2.45) is 17.8 Å². The Morgan fingerprint density at radius 3 is 2.54 bits per heavy atom. The smallest absolute Gasteiger partial charge is 0.341 e. The molecule has 0 amide bonds. The van der Waals surface area contributed by atoms with E-state index in [1.54, 1.807) is 12.1 Å². The number of fused-ring (bicyclic) bond motifs is 1. The van der Waals surface area contributed by atoms with Crippen LogP contribution >= 0.6 is 0 Å². The fourth-order valence-corrected chi connectivity index (χ4v) is 4.81. The van der Waals surface area contributed by atoms with Gasteiger partial charge in [-0.05, 0) is 43.1 Å². The molecule has 3 unspecified atom stereocenters. The highest BCUT2D eigenvalue weighted by atomic mass is 19.1. The third-order valence-electron chi connectivity index (χ3n) is 6.51. The van der Waals surface area contributed by atoms with E-state index in [0.29, 0.717) is 17.9 Å². The molecule has 1 aromatic rings. The Labute approximate surface area is 155 Å². The molecule has 1 saturated carbocycles. The number of benzene rings is 1. The van der Waals surface area contributed by atoms with Crippen LogP contribution in [-0.2, 0) is 11.2 Å². The van der Waals surface area contributed by atoms with Gasteiger partial charge in [-0.25, -0.2) is 9.18 Å². The minimum atomic E-state index is -0.942. The van der Waals surface area contributed by atoms with Gasteiger partial charge in [-0.15, -0.1) is 0 Å². The van der Waals surface area contributed by atoms with Crippen molar-refractivity contribution >= 4 is 5.97 Å². The number of hydrogen-bond donors (Lipinski definition) is 1. The molecule has 0 spiro atoms. The minimum Gasteiger partial charge on any atom is -0.458 e. The summed E-state index contributed by atoms with van der Waals surface area (Å²) in [6.07, 6.45) is 6.94. The van der Waals surface area contributed by atoms with Gasteiger partial charge < -0.3 is 9.84 Å². The molecule has 0 radical (unpaired) electrons. The van der Waals surface area contributed by atoms with Gasteiger partial charge in [0.1, 0.15) is 11.9 Å². The molecule has 3 atom stereocenters. The van der Waals surface area contributed by atoms with Gasteiger partial charge in [0, 0.05) is 12.0 Å². The van der Waals surface area contributed by atoms with Crippen LogP contribution in [0.15, 0.2) is 12.1 Å². The van der Waals surface area contributed by atoms with E-state index in [0.717, 1.165) is 5.92 Å². The number of carbonyl (C=O) groups is 1. The molecule has 4 heteroatoms. The van der Waals surface area contributed by atoms with Crippen molar-refractivity contribution in [2.75, 3.05) is 0 Å². The van der Waals surface area contributed by atoms with Gasteiger partial charge in [0.25, 0.3) is 0 Å². The van der Waals surface area contributed by atoms with Crippen LogP contribution in [0.2, 0.25) is 0 Å². The first-order valence-corrected chi connectivity index (χ1v) is 10.1. The Bertz CT molecular complexity index is 647. The summed E-state index contributed by atoms with van der Waals surface area (Å²) >= 11 is 0. The molecular weight excluding hydrogens is 331 g/mol. The van der Waals surface area contributed by atoms with E-state index < -0.39 is 17.9 Å². The molecule has 1 aromatic carbocycles. The van der Waals surface area contributed by atoms with Crippen molar-refractivity contribution < 1.29 is 19.0 Å². The zero-order valence-electron chi connectivity index (χ0n) is 16.1. The van der Waals surface area contributed by atoms with E-state index in [2.05, 4.69) is 13.8 Å². The second kappa shape index (κ2) is 8.08. The maximum Gasteiger partial charge on any atom is 0.341 e. The normalized spacial score (nSPS) is 28.2. The lowest BCUT2D eigenvalue weighted by atomic mass is 9.72. The molecular formula is C22H31FO3. The van der Waals surface area contributed by atoms with Gasteiger partial charge in [-0.2, -0.15) is 0 Å². The first-order chi connectivity index (χ1) is 12.4. The van der Waals surface area contributed by atoms with Crippen LogP contribution in [0, 0.1) is 23.6 Å². The van der Waals surface area contributed by atoms with Gasteiger partial charge in [-0.1, -0.05) is 51.7 Å². The second-order valence-electron chi connectivity index (χ2n) is 8.26. The van der Waals surface area contributed by atoms with Crippen molar-refractivity contribution in [3.63, 3.8) is 0 Å². The number of cyclic esters (lactones) is 1. The van der Waals surface area contributed by atoms with Crippen molar-refractivity contribution in [2.45, 2.75) is 77.9 Å². The summed E-state index contributed by atoms with van der Waals surface area (Å²) in [6.45, 7) is 5.92. The van der Waals surface area contributed by atoms with Crippen LogP contribution < -0.4 is 0 Å². The molecule has 0 saturated heterocycles. The predicted molar refractivity (Wildman–Crippen MR) is 99.5 cm³/mol. The van der Waals surface area contributed by atoms with Crippen LogP contribution in [0.4, 0.5) is 4.39 Å². The molecule has 1 heterocycles. The number of carbonyl (C=O) groups excluding carboxylic acids is 1. The zero-order valence-corrected chi connectivity index (χ0v) is 16.1. The number of ether oxygens (including phenoxy) is 1. The summed E-state index contributed by atoms with van der Waals surface area (Å²) in [5, 5.41) is 9.67. The number of halogens is 1. The second-order valence-corrected chi connectivity index (χ2v) is 8.26. The SMILES string of the molecule is CCCC1CCC(C(C)C2Cc3ccc(C(C)O)c(F)c3C(=O)O2)CC1. The van der Waals surface area contributed by atoms with Crippen LogP contribution in [0.3, 0.4) is 0 Å². The summed E-state index contributed by atoms with van der Waals surface area (Å²) in [4.78, 5) is 12.5. The molecule has 2 aliphatic rings. The molecule has 0 bridgehead atoms. The fraction of sp³-hybridized carbons (Fsp3) is 0.682. The zero-order chi connectivity index (χ0) is 18.8. The van der Waals surface area contributed by atoms with E-state index in [4.69, 9.17) is 4.74 Å². The van der Waals surface area contributed by atoms with Crippen molar-refractivity contribution in [1.29, 1.82) is 0 Å². The third kappa shape index (κ3) is 3.80. The first kappa shape index (κ1) is 19.3. The summed E-state index contributed by atoms with van der Waals surface area (Å²) in [7, 11) is 0. The van der Waals surface area contributed by atoms with Crippen molar-refractivity contribution in [3.05, 3.63) is 34.6 Å². The van der Waals surface area contributed by atoms with Gasteiger partial charge in [0.05, 0.1) is 11.7 Å². The number of aliphatic hydroxyl groups excluding tert-OH is 1. The van der Waals surface area contributed by atoms with Crippen LogP contribution in [0.1, 0.15) is 86.9 Å². The summed E-state index contributed by atoms with van der Waals surface area (Å²) < 4.78 is 20.3. The molecule has 0 aromatic heterocycles. The Hall–Kier alpha value is -1.42. The third-order valence-corrected chi connectivity index (χ3v) is 6.51. The molecule has 3 rings (SSSR count). The molecule has 144 valence electrons. The van der Waals surface area contributed by atoms with Gasteiger partial charge in [-0.3, -0.25) is 0 Å². The Balaban J connectivity index is 1.71. The van der Waals surface area contributed by atoms with E-state index in [1.807, 2.05) is 0 Å². The van der Waals surface area contributed by atoms with Crippen molar-refractivity contribution in [1.82, 2.24) is 0 Å². The lowest BCUT2D eigenvalue weighted by Gasteiger charge is -2.37. The Morgan fingerprint density at radius 1 is 1.23 bits per heavy atom. The quantitative estimate of drug-likeness (QED) is 0.732. The Kier molecular flexibility index (Phi) is 6.01. The van der Waals surface area contributed by atoms with Gasteiger partial charge in [0.2, 0.25) is 0 Å². The van der Waals surface area contributed by atoms with Crippen LogP contribution in [0.25, 0.3) is 0 Å². The van der Waals surface area contributed by atoms with Crippen LogP contribution in [0.5, 0.6) is 0 Å². The molecule has 3 nitrogen and oxygen atoms in total. The highest BCUT2D eigenvalue weighted by Crippen LogP contribution is 2.39. The standard InChI is InChI=1S/C22H31FO3/c1-4-5-15-6-8-16(9-7-15)13(2)19-12-17-10-11-18(14(3)24)21(23)20(17)22(25)26-19/h10-11,13-16,19,24H,4-9,12H2,1-3H3. The average Bonchev–Trinajstić information content (AvgIpc) is 2.61. The number of rotatable bonds is 5. The predicted octanol–water partition coefficient (Wildman–Crippen LogP) is 5.20. The fourth-order valence-electron chi connectivity index (χ4n) is 4.81. The minimum absolute atomic E-state index is 0.0125. The molecule has 1 fully saturated rings. The Morgan fingerprint density at radius 2 is 1.92 bits per heavy atom. The maximum atomic E-state index is 14.6. The topological polar surface area (TPSA) is 46.5 Å². The maximum absolute atomic E-state index is 14.6. The summed E-state index contributed by atoms with van der Waals surface area (Å²) in [5.74, 6) is 0.501. The summed E-state index contributed by atoms with van der Waals surface area (Å²) in [6, 6.07) is 3.37. The van der Waals surface area contributed by atoms with Gasteiger partial charge in [0.15, 0.2) is 0 Å². The van der Waals surface area contributed by atoms with E-state index >= 15 is 0 Å². The highest BCUT2D eigenvalue weighted by Gasteiger charge is 2.37. The molecule has 26 heavy (non-hydrogen) atoms. The molecule has 1 aliphatic carbocycles. The molecule has 1 N–H and O–H groups in total. The number of esters is 1. The lowest BCUT2D eigenvalue weighted by molar-refractivity contribution is -0.00419. The molecule has 1 aliphatic heterocycles. The van der Waals surface area contributed by atoms with E-state index in [9.17, 15) is 14.3 Å². The number of hydrogen-bond acceptors (Lipinski definition) is 3. The average molecular weight is 362 g/mol. The van der Waals surface area contributed by atoms with Crippen LogP contribution in [-0.4, -0.2) is 17.2 Å². The van der Waals surface area contributed by atoms with Crippen molar-refractivity contribution in [3.8, 4) is 0 Å². The summed E-state index contributed by atoms with van der Waals surface area (Å²) in [5.41, 5.74) is 0.875. The monoisotopic (exact) mass is 362 g/mol. The first-order valence-electron chi connectivity index (χ1n) is 10.1. The van der Waals surface area contributed by atoms with E-state index in [-0.39, 0.29) is 23.1 Å².